The second-order valence-corrected chi connectivity index (χ2v) is 3.59. The van der Waals surface area contributed by atoms with Crippen molar-refractivity contribution in [2.45, 2.75) is 20.3 Å². The Hall–Kier alpha value is -1.30. The number of amides is 1. The van der Waals surface area contributed by atoms with Crippen molar-refractivity contribution in [3.8, 4) is 0 Å². The minimum atomic E-state index is -0.279. The highest BCUT2D eigenvalue weighted by Gasteiger charge is 2.03. The van der Waals surface area contributed by atoms with Crippen LogP contribution in [0.25, 0.3) is 0 Å². The number of carbonyl (C=O) groups is 1. The number of amidine groups is 1. The highest BCUT2D eigenvalue weighted by atomic mass is 16.5. The monoisotopic (exact) mass is 217 g/mol. The number of nitrogens with two attached hydrogens (primary N) is 1. The molecule has 0 aliphatic heterocycles. The Morgan fingerprint density at radius 3 is 2.80 bits per heavy atom. The van der Waals surface area contributed by atoms with Crippen molar-refractivity contribution in [3.05, 3.63) is 0 Å². The average Bonchev–Trinajstić information content (AvgIpc) is 2.16. The summed E-state index contributed by atoms with van der Waals surface area (Å²) in [6.45, 7) is 5.69. The second kappa shape index (κ2) is 8.05. The van der Waals surface area contributed by atoms with Gasteiger partial charge in [0, 0.05) is 13.2 Å². The van der Waals surface area contributed by atoms with Gasteiger partial charge in [-0.25, -0.2) is 0 Å². The normalized spacial score (nSPS) is 11.8. The van der Waals surface area contributed by atoms with Gasteiger partial charge < -0.3 is 21.0 Å². The van der Waals surface area contributed by atoms with Crippen molar-refractivity contribution >= 4 is 11.7 Å². The van der Waals surface area contributed by atoms with Crippen LogP contribution in [-0.2, 0) is 9.53 Å². The van der Waals surface area contributed by atoms with Gasteiger partial charge in [-0.15, -0.1) is 0 Å². The predicted octanol–water partition coefficient (Wildman–Crippen LogP) is -0.0883. The molecule has 0 aliphatic carbocycles. The van der Waals surface area contributed by atoms with Gasteiger partial charge in [0.05, 0.1) is 13.0 Å². The fraction of sp³-hybridized carbons (Fsp3) is 0.778. The van der Waals surface area contributed by atoms with Gasteiger partial charge >= 0.3 is 0 Å². The summed E-state index contributed by atoms with van der Waals surface area (Å²) in [7, 11) is 0. The van der Waals surface area contributed by atoms with E-state index in [2.05, 4.69) is 24.3 Å². The lowest BCUT2D eigenvalue weighted by atomic mass is 10.2. The molecule has 0 unspecified atom stereocenters. The topological polar surface area (TPSA) is 96.9 Å². The molecule has 1 amide bonds. The molecule has 88 valence electrons. The fourth-order valence-electron chi connectivity index (χ4n) is 0.844. The molecule has 0 radical (unpaired) electrons. The van der Waals surface area contributed by atoms with Crippen molar-refractivity contribution in [3.63, 3.8) is 0 Å². The molecule has 0 spiro atoms. The number of oxime groups is 1. The van der Waals surface area contributed by atoms with Gasteiger partial charge in [0.25, 0.3) is 0 Å². The summed E-state index contributed by atoms with van der Waals surface area (Å²) >= 11 is 0. The molecule has 6 heteroatoms. The average molecular weight is 217 g/mol. The molecule has 0 saturated heterocycles. The van der Waals surface area contributed by atoms with E-state index in [-0.39, 0.29) is 18.2 Å². The summed E-state index contributed by atoms with van der Waals surface area (Å²) in [6, 6.07) is 0. The van der Waals surface area contributed by atoms with E-state index >= 15 is 0 Å². The summed E-state index contributed by atoms with van der Waals surface area (Å²) in [5, 5.41) is 13.5. The Morgan fingerprint density at radius 1 is 1.60 bits per heavy atom. The van der Waals surface area contributed by atoms with Gasteiger partial charge in [0.2, 0.25) is 5.91 Å². The number of nitrogens with zero attached hydrogens (tertiary/aromatic N) is 1. The van der Waals surface area contributed by atoms with Crippen LogP contribution < -0.4 is 11.1 Å². The van der Waals surface area contributed by atoms with Crippen LogP contribution in [0.1, 0.15) is 20.3 Å². The molecule has 15 heavy (non-hydrogen) atoms. The summed E-state index contributed by atoms with van der Waals surface area (Å²) < 4.78 is 5.25. The van der Waals surface area contributed by atoms with Gasteiger partial charge in [0.15, 0.2) is 0 Å². The van der Waals surface area contributed by atoms with Crippen LogP contribution >= 0.6 is 0 Å². The summed E-state index contributed by atoms with van der Waals surface area (Å²) in [4.78, 5) is 11.1. The van der Waals surface area contributed by atoms with Gasteiger partial charge in [-0.3, -0.25) is 4.79 Å². The molecular weight excluding hydrogens is 198 g/mol. The van der Waals surface area contributed by atoms with Crippen LogP contribution in [0.15, 0.2) is 5.16 Å². The number of ether oxygens (including phenoxy) is 1. The van der Waals surface area contributed by atoms with E-state index in [1.165, 1.54) is 0 Å². The standard InChI is InChI=1S/C9H19N3O3/c1-7(2)6-15-4-3-11-9(13)5-8(10)12-14/h7,14H,3-6H2,1-2H3,(H2,10,12)(H,11,13). The predicted molar refractivity (Wildman–Crippen MR) is 56.7 cm³/mol. The van der Waals surface area contributed by atoms with Crippen LogP contribution in [0.2, 0.25) is 0 Å². The number of carbonyl (C=O) groups excluding carboxylic acids is 1. The third kappa shape index (κ3) is 9.01. The van der Waals surface area contributed by atoms with Gasteiger partial charge in [-0.1, -0.05) is 19.0 Å². The second-order valence-electron chi connectivity index (χ2n) is 3.59. The van der Waals surface area contributed by atoms with E-state index in [1.54, 1.807) is 0 Å². The molecule has 0 aromatic heterocycles. The molecule has 0 saturated carbocycles. The molecule has 0 heterocycles. The van der Waals surface area contributed by atoms with Crippen molar-refractivity contribution in [1.82, 2.24) is 5.32 Å². The largest absolute Gasteiger partial charge is 0.409 e. The Bertz CT molecular complexity index is 217. The molecule has 0 atom stereocenters. The van der Waals surface area contributed by atoms with E-state index < -0.39 is 0 Å². The molecule has 0 bridgehead atoms. The van der Waals surface area contributed by atoms with E-state index in [9.17, 15) is 4.79 Å². The smallest absolute Gasteiger partial charge is 0.227 e. The van der Waals surface area contributed by atoms with Crippen LogP contribution in [0.4, 0.5) is 0 Å². The Labute approximate surface area is 89.5 Å². The molecule has 0 aliphatic rings. The number of hydrogen-bond donors (Lipinski definition) is 3. The molecule has 6 nitrogen and oxygen atoms in total. The van der Waals surface area contributed by atoms with Gasteiger partial charge in [-0.05, 0) is 5.92 Å². The Kier molecular flexibility index (Phi) is 7.35. The lowest BCUT2D eigenvalue weighted by Gasteiger charge is -2.07. The maximum absolute atomic E-state index is 11.1. The minimum Gasteiger partial charge on any atom is -0.409 e. The molecular formula is C9H19N3O3. The zero-order valence-corrected chi connectivity index (χ0v) is 9.19. The van der Waals surface area contributed by atoms with E-state index in [4.69, 9.17) is 15.7 Å². The highest BCUT2D eigenvalue weighted by Crippen LogP contribution is 1.91. The van der Waals surface area contributed by atoms with E-state index in [1.807, 2.05) is 0 Å². The van der Waals surface area contributed by atoms with Gasteiger partial charge in [-0.2, -0.15) is 0 Å². The van der Waals surface area contributed by atoms with Crippen LogP contribution in [0, 0.1) is 5.92 Å². The first-order valence-electron chi connectivity index (χ1n) is 4.87. The maximum Gasteiger partial charge on any atom is 0.227 e. The third-order valence-corrected chi connectivity index (χ3v) is 1.49. The Morgan fingerprint density at radius 2 is 2.27 bits per heavy atom. The van der Waals surface area contributed by atoms with E-state index in [0.29, 0.717) is 25.7 Å². The first-order chi connectivity index (χ1) is 7.06. The molecule has 0 aromatic carbocycles. The summed E-state index contributed by atoms with van der Waals surface area (Å²) in [5.41, 5.74) is 5.15. The zero-order chi connectivity index (χ0) is 11.7. The van der Waals surface area contributed by atoms with Crippen LogP contribution in [0.5, 0.6) is 0 Å². The number of nitrogens with one attached hydrogen (secondary N) is 1. The zero-order valence-electron chi connectivity index (χ0n) is 9.19. The minimum absolute atomic E-state index is 0.0965. The molecule has 4 N–H and O–H groups in total. The lowest BCUT2D eigenvalue weighted by molar-refractivity contribution is -0.120. The van der Waals surface area contributed by atoms with Crippen molar-refractivity contribution in [2.24, 2.45) is 16.8 Å². The van der Waals surface area contributed by atoms with Gasteiger partial charge in [0.1, 0.15) is 5.84 Å². The quantitative estimate of drug-likeness (QED) is 0.182. The Balaban J connectivity index is 3.40. The third-order valence-electron chi connectivity index (χ3n) is 1.49. The van der Waals surface area contributed by atoms with Crippen molar-refractivity contribution in [2.75, 3.05) is 19.8 Å². The summed E-state index contributed by atoms with van der Waals surface area (Å²) in [6.07, 6.45) is -0.0965. The van der Waals surface area contributed by atoms with Crippen LogP contribution in [0.3, 0.4) is 0 Å². The fourth-order valence-corrected chi connectivity index (χ4v) is 0.844. The SMILES string of the molecule is CC(C)COCCNC(=O)CC(N)=NO. The number of hydrogen-bond acceptors (Lipinski definition) is 4. The molecule has 0 rings (SSSR count). The molecule has 0 aromatic rings. The first kappa shape index (κ1) is 13.7. The van der Waals surface area contributed by atoms with Crippen molar-refractivity contribution in [1.29, 1.82) is 0 Å². The number of rotatable bonds is 7. The first-order valence-corrected chi connectivity index (χ1v) is 4.87. The van der Waals surface area contributed by atoms with Crippen LogP contribution in [-0.4, -0.2) is 36.7 Å². The van der Waals surface area contributed by atoms with Crippen molar-refractivity contribution < 1.29 is 14.7 Å². The maximum atomic E-state index is 11.1. The van der Waals surface area contributed by atoms with E-state index in [0.717, 1.165) is 0 Å². The highest BCUT2D eigenvalue weighted by molar-refractivity contribution is 5.98. The summed E-state index contributed by atoms with van der Waals surface area (Å²) in [5.74, 6) is 0.104. The molecule has 0 fully saturated rings. The lowest BCUT2D eigenvalue weighted by Crippen LogP contribution is -2.31.